The van der Waals surface area contributed by atoms with Gasteiger partial charge in [-0.15, -0.1) is 0 Å². The van der Waals surface area contributed by atoms with Crippen LogP contribution in [0.15, 0.2) is 48.8 Å². The molecule has 1 aromatic carbocycles. The Morgan fingerprint density at radius 3 is 2.86 bits per heavy atom. The monoisotopic (exact) mass is 290 g/mol. The lowest BCUT2D eigenvalue weighted by Crippen LogP contribution is -1.91. The van der Waals surface area contributed by atoms with Crippen molar-refractivity contribution < 1.29 is 5.11 Å². The van der Waals surface area contributed by atoms with E-state index in [1.54, 1.807) is 12.1 Å². The molecular weight excluding hydrogens is 272 g/mol. The largest absolute Gasteiger partial charge is 0.508 e. The first-order valence-corrected chi connectivity index (χ1v) is 7.77. The van der Waals surface area contributed by atoms with Gasteiger partial charge in [-0.3, -0.25) is 0 Å². The molecular formula is C19H18N2O. The van der Waals surface area contributed by atoms with Crippen molar-refractivity contribution in [1.29, 1.82) is 0 Å². The van der Waals surface area contributed by atoms with Gasteiger partial charge in [0.25, 0.3) is 0 Å². The maximum absolute atomic E-state index is 9.67. The molecule has 22 heavy (non-hydrogen) atoms. The molecule has 0 unspecified atom stereocenters. The maximum Gasteiger partial charge on any atom is 0.137 e. The summed E-state index contributed by atoms with van der Waals surface area (Å²) in [5.74, 6) is 0.280. The van der Waals surface area contributed by atoms with Gasteiger partial charge in [0.05, 0.1) is 0 Å². The van der Waals surface area contributed by atoms with Crippen molar-refractivity contribution in [2.45, 2.75) is 25.7 Å². The van der Waals surface area contributed by atoms with E-state index < -0.39 is 0 Å². The number of phenolic OH excluding ortho intramolecular Hbond substituents is 1. The molecule has 2 heterocycles. The number of aromatic amines is 1. The van der Waals surface area contributed by atoms with Crippen LogP contribution < -0.4 is 0 Å². The van der Waals surface area contributed by atoms with E-state index in [1.807, 2.05) is 18.3 Å². The van der Waals surface area contributed by atoms with Crippen LogP contribution in [0.3, 0.4) is 0 Å². The highest BCUT2D eigenvalue weighted by molar-refractivity contribution is 5.93. The molecule has 110 valence electrons. The number of phenols is 1. The van der Waals surface area contributed by atoms with Gasteiger partial charge >= 0.3 is 0 Å². The fourth-order valence-corrected chi connectivity index (χ4v) is 3.20. The number of H-pyrrole nitrogens is 1. The summed E-state index contributed by atoms with van der Waals surface area (Å²) < 4.78 is 0. The van der Waals surface area contributed by atoms with Crippen LogP contribution in [0.25, 0.3) is 27.7 Å². The highest BCUT2D eigenvalue weighted by atomic mass is 16.3. The van der Waals surface area contributed by atoms with Gasteiger partial charge in [-0.25, -0.2) is 4.98 Å². The molecule has 2 aromatic heterocycles. The summed E-state index contributed by atoms with van der Waals surface area (Å²) in [6.07, 6.45) is 11.1. The van der Waals surface area contributed by atoms with Crippen molar-refractivity contribution in [1.82, 2.24) is 9.97 Å². The number of allylic oxidation sites excluding steroid dienone is 2. The molecule has 0 fully saturated rings. The molecule has 0 spiro atoms. The number of pyridine rings is 1. The Kier molecular flexibility index (Phi) is 3.19. The minimum Gasteiger partial charge on any atom is -0.508 e. The number of aromatic nitrogens is 2. The van der Waals surface area contributed by atoms with Gasteiger partial charge in [0.1, 0.15) is 11.4 Å². The molecule has 3 heteroatoms. The van der Waals surface area contributed by atoms with Crippen LogP contribution in [0, 0.1) is 0 Å². The molecule has 0 amide bonds. The molecule has 0 radical (unpaired) electrons. The van der Waals surface area contributed by atoms with E-state index >= 15 is 0 Å². The third kappa shape index (κ3) is 2.29. The van der Waals surface area contributed by atoms with E-state index in [9.17, 15) is 5.11 Å². The Balaban J connectivity index is 1.84. The van der Waals surface area contributed by atoms with E-state index in [4.69, 9.17) is 0 Å². The summed E-state index contributed by atoms with van der Waals surface area (Å²) in [7, 11) is 0. The molecule has 4 rings (SSSR count). The summed E-state index contributed by atoms with van der Waals surface area (Å²) in [5, 5.41) is 10.8. The lowest BCUT2D eigenvalue weighted by Gasteiger charge is -2.12. The molecule has 0 bridgehead atoms. The predicted molar refractivity (Wildman–Crippen MR) is 89.6 cm³/mol. The van der Waals surface area contributed by atoms with Crippen LogP contribution >= 0.6 is 0 Å². The molecule has 1 aliphatic carbocycles. The molecule has 3 nitrogen and oxygen atoms in total. The first-order valence-electron chi connectivity index (χ1n) is 7.77. The van der Waals surface area contributed by atoms with Crippen molar-refractivity contribution in [2.24, 2.45) is 0 Å². The summed E-state index contributed by atoms with van der Waals surface area (Å²) >= 11 is 0. The van der Waals surface area contributed by atoms with E-state index in [2.05, 4.69) is 28.3 Å². The predicted octanol–water partition coefficient (Wildman–Crippen LogP) is 4.89. The third-order valence-corrected chi connectivity index (χ3v) is 4.35. The zero-order valence-electron chi connectivity index (χ0n) is 12.3. The molecule has 0 atom stereocenters. The minimum absolute atomic E-state index is 0.280. The van der Waals surface area contributed by atoms with Crippen molar-refractivity contribution in [3.05, 3.63) is 54.4 Å². The van der Waals surface area contributed by atoms with Crippen molar-refractivity contribution >= 4 is 16.6 Å². The number of hydrogen-bond acceptors (Lipinski definition) is 2. The summed E-state index contributed by atoms with van der Waals surface area (Å²) in [6, 6.07) is 9.47. The Morgan fingerprint density at radius 1 is 1.09 bits per heavy atom. The molecule has 0 aliphatic heterocycles. The lowest BCUT2D eigenvalue weighted by molar-refractivity contribution is 0.475. The minimum atomic E-state index is 0.280. The standard InChI is InChI=1S/C19H18N2O/c22-16-8-4-7-14(9-16)15-10-17-18(12-21-19(17)20-11-15)13-5-2-1-3-6-13/h4-5,7-12,22H,1-3,6H2,(H,20,21). The molecule has 0 saturated heterocycles. The van der Waals surface area contributed by atoms with E-state index in [-0.39, 0.29) is 5.75 Å². The van der Waals surface area contributed by atoms with Gasteiger partial charge in [0, 0.05) is 28.9 Å². The van der Waals surface area contributed by atoms with Gasteiger partial charge in [0.2, 0.25) is 0 Å². The van der Waals surface area contributed by atoms with Crippen LogP contribution in [-0.4, -0.2) is 15.1 Å². The van der Waals surface area contributed by atoms with Gasteiger partial charge in [0.15, 0.2) is 0 Å². The normalized spacial score (nSPS) is 15.0. The van der Waals surface area contributed by atoms with E-state index in [0.717, 1.165) is 28.6 Å². The van der Waals surface area contributed by atoms with Gasteiger partial charge < -0.3 is 10.1 Å². The van der Waals surface area contributed by atoms with Crippen LogP contribution in [0.5, 0.6) is 5.75 Å². The molecule has 3 aromatic rings. The average molecular weight is 290 g/mol. The van der Waals surface area contributed by atoms with Crippen LogP contribution in [0.2, 0.25) is 0 Å². The summed E-state index contributed by atoms with van der Waals surface area (Å²) in [6.45, 7) is 0. The van der Waals surface area contributed by atoms with Crippen molar-refractivity contribution in [3.8, 4) is 16.9 Å². The van der Waals surface area contributed by atoms with Gasteiger partial charge in [-0.05, 0) is 55.0 Å². The zero-order valence-corrected chi connectivity index (χ0v) is 12.3. The second-order valence-corrected chi connectivity index (χ2v) is 5.85. The smallest absolute Gasteiger partial charge is 0.137 e. The summed E-state index contributed by atoms with van der Waals surface area (Å²) in [5.41, 5.74) is 5.63. The number of nitrogens with zero attached hydrogens (tertiary/aromatic N) is 1. The quantitative estimate of drug-likeness (QED) is 0.705. The Hall–Kier alpha value is -2.55. The number of benzene rings is 1. The van der Waals surface area contributed by atoms with Crippen LogP contribution in [-0.2, 0) is 0 Å². The van der Waals surface area contributed by atoms with E-state index in [1.165, 1.54) is 30.4 Å². The first-order chi connectivity index (χ1) is 10.8. The van der Waals surface area contributed by atoms with Crippen molar-refractivity contribution in [2.75, 3.05) is 0 Å². The Bertz CT molecular complexity index is 861. The number of rotatable bonds is 2. The number of nitrogens with one attached hydrogen (secondary N) is 1. The third-order valence-electron chi connectivity index (χ3n) is 4.35. The van der Waals surface area contributed by atoms with E-state index in [0.29, 0.717) is 0 Å². The van der Waals surface area contributed by atoms with Crippen LogP contribution in [0.1, 0.15) is 31.2 Å². The Morgan fingerprint density at radius 2 is 2.05 bits per heavy atom. The maximum atomic E-state index is 9.67. The van der Waals surface area contributed by atoms with Gasteiger partial charge in [-0.1, -0.05) is 18.2 Å². The molecule has 2 N–H and O–H groups in total. The Labute approximate surface area is 129 Å². The highest BCUT2D eigenvalue weighted by Crippen LogP contribution is 2.33. The lowest BCUT2D eigenvalue weighted by atomic mass is 9.93. The fraction of sp³-hybridized carbons (Fsp3) is 0.211. The second-order valence-electron chi connectivity index (χ2n) is 5.85. The number of aromatic hydroxyl groups is 1. The summed E-state index contributed by atoms with van der Waals surface area (Å²) in [4.78, 5) is 7.81. The van der Waals surface area contributed by atoms with Crippen LogP contribution in [0.4, 0.5) is 0 Å². The molecule has 0 saturated carbocycles. The van der Waals surface area contributed by atoms with Crippen molar-refractivity contribution in [3.63, 3.8) is 0 Å². The average Bonchev–Trinajstić information content (AvgIpc) is 2.99. The second kappa shape index (κ2) is 5.34. The SMILES string of the molecule is Oc1cccc(-c2cnc3[nH]cc(C4=CCCCC4)c3c2)c1. The zero-order chi connectivity index (χ0) is 14.9. The number of hydrogen-bond donors (Lipinski definition) is 2. The van der Waals surface area contributed by atoms with Gasteiger partial charge in [-0.2, -0.15) is 0 Å². The fourth-order valence-electron chi connectivity index (χ4n) is 3.20. The first kappa shape index (κ1) is 13.1. The topological polar surface area (TPSA) is 48.9 Å². The highest BCUT2D eigenvalue weighted by Gasteiger charge is 2.13. The molecule has 1 aliphatic rings. The number of fused-ring (bicyclic) bond motifs is 1.